The molecule has 0 spiro atoms. The minimum atomic E-state index is -0.482. The van der Waals surface area contributed by atoms with Crippen molar-refractivity contribution in [2.45, 2.75) is 26.2 Å². The number of amides is 1. The smallest absolute Gasteiger partial charge is 0.253 e. The van der Waals surface area contributed by atoms with Crippen LogP contribution in [-0.2, 0) is 4.74 Å². The van der Waals surface area contributed by atoms with Crippen LogP contribution in [0.3, 0.4) is 0 Å². The van der Waals surface area contributed by atoms with Crippen LogP contribution in [0.4, 0.5) is 0 Å². The highest BCUT2D eigenvalue weighted by molar-refractivity contribution is 6.08. The first-order valence-electron chi connectivity index (χ1n) is 12.7. The number of carbonyl (C=O) groups excluding carboxylic acids is 1. The van der Waals surface area contributed by atoms with E-state index in [0.717, 1.165) is 74.0 Å². The largest absolute Gasteiger partial charge is 0.493 e. The predicted molar refractivity (Wildman–Crippen MR) is 150 cm³/mol. The number of nitrogens with zero attached hydrogens (tertiary/aromatic N) is 1. The Labute approximate surface area is 215 Å². The van der Waals surface area contributed by atoms with Crippen molar-refractivity contribution in [3.63, 3.8) is 0 Å². The first-order chi connectivity index (χ1) is 17.6. The molecule has 1 aliphatic rings. The van der Waals surface area contributed by atoms with Crippen LogP contribution in [0.5, 0.6) is 5.75 Å². The molecule has 1 fully saturated rings. The molecule has 1 heterocycles. The number of nitrogens with two attached hydrogens (primary N) is 1. The number of allylic oxidation sites excluding steroid dienone is 9. The Hall–Kier alpha value is -3.41. The van der Waals surface area contributed by atoms with E-state index in [1.54, 1.807) is 6.08 Å². The van der Waals surface area contributed by atoms with Crippen LogP contribution in [0.1, 0.15) is 42.1 Å². The zero-order chi connectivity index (χ0) is 25.6. The topological polar surface area (TPSA) is 64.8 Å². The average Bonchev–Trinajstić information content (AvgIpc) is 2.89. The van der Waals surface area contributed by atoms with E-state index in [2.05, 4.69) is 17.6 Å². The molecule has 0 bridgehead atoms. The average molecular weight is 487 g/mol. The molecule has 2 aromatic carbocycles. The van der Waals surface area contributed by atoms with Gasteiger partial charge >= 0.3 is 0 Å². The summed E-state index contributed by atoms with van der Waals surface area (Å²) in [5.74, 6) is 0.0675. The standard InChI is InChI=1S/C31H38N2O3/c1-3-4-5-6-7-8-9-10-15-25(2)29-27-17-12-11-16-26(27)24-28(30(29)31(32)34)36-21-14-13-18-33-19-22-35-23-20-33/h3-5,7-12,15-17,24H,1,6,13-14,18-23H2,2H3,(H2,32,34). The Morgan fingerprint density at radius 2 is 1.86 bits per heavy atom. The molecule has 1 amide bonds. The third-order valence-corrected chi connectivity index (χ3v) is 6.13. The van der Waals surface area contributed by atoms with Crippen LogP contribution in [0.25, 0.3) is 16.3 Å². The van der Waals surface area contributed by atoms with Gasteiger partial charge in [0.05, 0.1) is 25.4 Å². The highest BCUT2D eigenvalue weighted by Crippen LogP contribution is 2.35. The Morgan fingerprint density at radius 3 is 2.64 bits per heavy atom. The van der Waals surface area contributed by atoms with Crippen molar-refractivity contribution < 1.29 is 14.3 Å². The predicted octanol–water partition coefficient (Wildman–Crippen LogP) is 6.08. The van der Waals surface area contributed by atoms with Crippen molar-refractivity contribution in [3.8, 4) is 5.75 Å². The van der Waals surface area contributed by atoms with E-state index < -0.39 is 5.91 Å². The van der Waals surface area contributed by atoms with Crippen LogP contribution in [-0.4, -0.2) is 50.3 Å². The third kappa shape index (κ3) is 8.08. The number of hydrogen-bond acceptors (Lipinski definition) is 4. The second-order valence-electron chi connectivity index (χ2n) is 8.78. The van der Waals surface area contributed by atoms with Crippen LogP contribution >= 0.6 is 0 Å². The molecule has 2 N–H and O–H groups in total. The van der Waals surface area contributed by atoms with Gasteiger partial charge in [-0.2, -0.15) is 0 Å². The summed E-state index contributed by atoms with van der Waals surface area (Å²) in [5, 5.41) is 2.00. The molecule has 190 valence electrons. The minimum absolute atomic E-state index is 0.439. The summed E-state index contributed by atoms with van der Waals surface area (Å²) in [4.78, 5) is 15.1. The highest BCUT2D eigenvalue weighted by atomic mass is 16.5. The number of morpholine rings is 1. The number of primary amides is 1. The van der Waals surface area contributed by atoms with Gasteiger partial charge in [-0.3, -0.25) is 9.69 Å². The molecular weight excluding hydrogens is 448 g/mol. The van der Waals surface area contributed by atoms with Crippen molar-refractivity contribution >= 4 is 22.3 Å². The number of unbranched alkanes of at least 4 members (excludes halogenated alkanes) is 1. The summed E-state index contributed by atoms with van der Waals surface area (Å²) in [6.07, 6.45) is 18.5. The maximum absolute atomic E-state index is 12.6. The molecule has 0 aromatic heterocycles. The van der Waals surface area contributed by atoms with Crippen LogP contribution in [0, 0.1) is 0 Å². The van der Waals surface area contributed by atoms with Gasteiger partial charge < -0.3 is 15.2 Å². The van der Waals surface area contributed by atoms with Gasteiger partial charge in [-0.25, -0.2) is 0 Å². The van der Waals surface area contributed by atoms with Crippen molar-refractivity contribution in [3.05, 3.63) is 96.6 Å². The molecule has 0 saturated carbocycles. The Kier molecular flexibility index (Phi) is 11.2. The molecule has 0 atom stereocenters. The zero-order valence-corrected chi connectivity index (χ0v) is 21.3. The lowest BCUT2D eigenvalue weighted by molar-refractivity contribution is 0.0368. The molecular formula is C31H38N2O3. The van der Waals surface area contributed by atoms with Gasteiger partial charge in [0.15, 0.2) is 0 Å². The molecule has 5 heteroatoms. The minimum Gasteiger partial charge on any atom is -0.493 e. The summed E-state index contributed by atoms with van der Waals surface area (Å²) in [6, 6.07) is 9.97. The second-order valence-corrected chi connectivity index (χ2v) is 8.78. The van der Waals surface area contributed by atoms with E-state index in [1.165, 1.54) is 0 Å². The maximum Gasteiger partial charge on any atom is 0.253 e. The number of benzene rings is 2. The van der Waals surface area contributed by atoms with Crippen molar-refractivity contribution in [1.29, 1.82) is 0 Å². The number of hydrogen-bond donors (Lipinski definition) is 1. The SMILES string of the molecule is C=CC=CCC=CC=CC=C(C)c1c(C(N)=O)c(OCCCCN2CCOCC2)cc2ccccc12. The number of ether oxygens (including phenoxy) is 2. The van der Waals surface area contributed by atoms with Gasteiger partial charge in [-0.15, -0.1) is 0 Å². The van der Waals surface area contributed by atoms with Gasteiger partial charge in [0.1, 0.15) is 5.75 Å². The zero-order valence-electron chi connectivity index (χ0n) is 21.3. The number of fused-ring (bicyclic) bond motifs is 1. The normalized spacial score (nSPS) is 15.4. The van der Waals surface area contributed by atoms with Gasteiger partial charge in [0.25, 0.3) is 5.91 Å². The first kappa shape index (κ1) is 27.2. The van der Waals surface area contributed by atoms with Crippen molar-refractivity contribution in [1.82, 2.24) is 4.90 Å². The Balaban J connectivity index is 1.77. The monoisotopic (exact) mass is 486 g/mol. The maximum atomic E-state index is 12.6. The van der Waals surface area contributed by atoms with Crippen LogP contribution in [0.15, 0.2) is 85.5 Å². The Bertz CT molecular complexity index is 1140. The van der Waals surface area contributed by atoms with Gasteiger partial charge in [-0.1, -0.05) is 79.5 Å². The molecule has 0 radical (unpaired) electrons. The fraction of sp³-hybridized carbons (Fsp3) is 0.323. The Morgan fingerprint density at radius 1 is 1.08 bits per heavy atom. The fourth-order valence-corrected chi connectivity index (χ4v) is 4.29. The molecule has 1 saturated heterocycles. The lowest BCUT2D eigenvalue weighted by atomic mass is 9.92. The summed E-state index contributed by atoms with van der Waals surface area (Å²) in [5.41, 5.74) is 8.12. The van der Waals surface area contributed by atoms with Crippen LogP contribution in [0.2, 0.25) is 0 Å². The van der Waals surface area contributed by atoms with E-state index in [9.17, 15) is 4.79 Å². The van der Waals surface area contributed by atoms with Crippen LogP contribution < -0.4 is 10.5 Å². The number of rotatable bonds is 13. The molecule has 36 heavy (non-hydrogen) atoms. The molecule has 2 aromatic rings. The highest BCUT2D eigenvalue weighted by Gasteiger charge is 2.20. The van der Waals surface area contributed by atoms with Gasteiger partial charge in [-0.05, 0) is 55.1 Å². The van der Waals surface area contributed by atoms with E-state index >= 15 is 0 Å². The van der Waals surface area contributed by atoms with E-state index in [-0.39, 0.29) is 0 Å². The summed E-state index contributed by atoms with van der Waals surface area (Å²) >= 11 is 0. The summed E-state index contributed by atoms with van der Waals surface area (Å²) < 4.78 is 11.6. The van der Waals surface area contributed by atoms with E-state index in [0.29, 0.717) is 17.9 Å². The molecule has 0 aliphatic carbocycles. The van der Waals surface area contributed by atoms with E-state index in [4.69, 9.17) is 15.2 Å². The number of carbonyl (C=O) groups is 1. The second kappa shape index (κ2) is 14.9. The lowest BCUT2D eigenvalue weighted by Crippen LogP contribution is -2.36. The fourth-order valence-electron chi connectivity index (χ4n) is 4.29. The third-order valence-electron chi connectivity index (χ3n) is 6.13. The first-order valence-corrected chi connectivity index (χ1v) is 12.7. The quantitative estimate of drug-likeness (QED) is 0.275. The molecule has 3 rings (SSSR count). The van der Waals surface area contributed by atoms with Crippen molar-refractivity contribution in [2.75, 3.05) is 39.5 Å². The molecule has 1 aliphatic heterocycles. The lowest BCUT2D eigenvalue weighted by Gasteiger charge is -2.26. The van der Waals surface area contributed by atoms with Gasteiger partial charge in [0.2, 0.25) is 0 Å². The molecule has 0 unspecified atom stereocenters. The van der Waals surface area contributed by atoms with Gasteiger partial charge in [0, 0.05) is 18.7 Å². The van der Waals surface area contributed by atoms with Crippen molar-refractivity contribution in [2.24, 2.45) is 5.73 Å². The summed E-state index contributed by atoms with van der Waals surface area (Å²) in [7, 11) is 0. The summed E-state index contributed by atoms with van der Waals surface area (Å²) in [6.45, 7) is 10.8. The van der Waals surface area contributed by atoms with E-state index in [1.807, 2.05) is 73.7 Å². The molecule has 5 nitrogen and oxygen atoms in total.